The van der Waals surface area contributed by atoms with Crippen LogP contribution in [0.3, 0.4) is 0 Å². The molecule has 2 heteroatoms. The first-order chi connectivity index (χ1) is 21.4. The van der Waals surface area contributed by atoms with E-state index in [0.29, 0.717) is 0 Å². The zero-order valence-electron chi connectivity index (χ0n) is 25.6. The Hall–Kier alpha value is -5.08. The maximum atomic E-state index is 6.33. The molecule has 0 atom stereocenters. The van der Waals surface area contributed by atoms with Crippen molar-refractivity contribution in [3.05, 3.63) is 151 Å². The summed E-state index contributed by atoms with van der Waals surface area (Å²) in [5, 5.41) is 2.25. The average molecular weight is 570 g/mol. The van der Waals surface area contributed by atoms with Crippen LogP contribution >= 0.6 is 0 Å². The topological polar surface area (TPSA) is 16.4 Å². The first kappa shape index (κ1) is 26.5. The highest BCUT2D eigenvalue weighted by Crippen LogP contribution is 2.57. The molecule has 1 aliphatic rings. The van der Waals surface area contributed by atoms with E-state index in [4.69, 9.17) is 4.42 Å². The van der Waals surface area contributed by atoms with Gasteiger partial charge < -0.3 is 9.32 Å². The summed E-state index contributed by atoms with van der Waals surface area (Å²) in [4.78, 5) is 2.39. The lowest BCUT2D eigenvalue weighted by Gasteiger charge is -2.49. The minimum atomic E-state index is -0.100. The zero-order valence-corrected chi connectivity index (χ0v) is 25.6. The van der Waals surface area contributed by atoms with E-state index < -0.39 is 0 Å². The Morgan fingerprint density at radius 3 is 1.95 bits per heavy atom. The molecule has 0 radical (unpaired) electrons. The predicted octanol–water partition coefficient (Wildman–Crippen LogP) is 12.0. The molecule has 0 N–H and O–H groups in total. The molecule has 0 saturated heterocycles. The van der Waals surface area contributed by atoms with Gasteiger partial charge in [-0.05, 0) is 81.3 Å². The number of rotatable bonds is 4. The second-order valence-electron chi connectivity index (χ2n) is 13.0. The van der Waals surface area contributed by atoms with Crippen LogP contribution in [0, 0.1) is 0 Å². The molecule has 0 bridgehead atoms. The molecule has 0 spiro atoms. The van der Waals surface area contributed by atoms with Crippen molar-refractivity contribution in [1.29, 1.82) is 0 Å². The molecule has 44 heavy (non-hydrogen) atoms. The third-order valence-corrected chi connectivity index (χ3v) is 10.2. The lowest BCUT2D eigenvalue weighted by atomic mass is 9.54. The Balaban J connectivity index is 1.41. The van der Waals surface area contributed by atoms with E-state index in [-0.39, 0.29) is 10.8 Å². The summed E-state index contributed by atoms with van der Waals surface area (Å²) in [6.07, 6.45) is 0. The van der Waals surface area contributed by atoms with Gasteiger partial charge in [0.15, 0.2) is 0 Å². The van der Waals surface area contributed by atoms with Crippen LogP contribution in [0.2, 0.25) is 0 Å². The normalized spacial score (nSPS) is 14.7. The van der Waals surface area contributed by atoms with Gasteiger partial charge in [-0.2, -0.15) is 0 Å². The van der Waals surface area contributed by atoms with E-state index in [0.717, 1.165) is 39.0 Å². The number of anilines is 3. The summed E-state index contributed by atoms with van der Waals surface area (Å²) in [5.74, 6) is 0. The SMILES string of the molecule is CC1(C)c2ccc(N(c3ccccc3)c3cccc4oc5ccccc5c34)cc2-c2cccc(-c3ccccc3)c2C1(C)C. The van der Waals surface area contributed by atoms with Gasteiger partial charge in [0.05, 0.1) is 11.1 Å². The summed E-state index contributed by atoms with van der Waals surface area (Å²) in [7, 11) is 0. The molecular formula is C42H35NO. The fourth-order valence-corrected chi connectivity index (χ4v) is 7.34. The maximum Gasteiger partial charge on any atom is 0.137 e. The molecule has 0 amide bonds. The van der Waals surface area contributed by atoms with Gasteiger partial charge in [-0.25, -0.2) is 0 Å². The number of fused-ring (bicyclic) bond motifs is 6. The monoisotopic (exact) mass is 569 g/mol. The minimum Gasteiger partial charge on any atom is -0.456 e. The Bertz CT molecular complexity index is 2170. The second kappa shape index (κ2) is 9.72. The lowest BCUT2D eigenvalue weighted by Crippen LogP contribution is -2.44. The van der Waals surface area contributed by atoms with E-state index in [1.165, 1.54) is 33.4 Å². The van der Waals surface area contributed by atoms with Crippen LogP contribution in [-0.4, -0.2) is 0 Å². The smallest absolute Gasteiger partial charge is 0.137 e. The van der Waals surface area contributed by atoms with E-state index in [2.05, 4.69) is 166 Å². The number of benzene rings is 6. The highest BCUT2D eigenvalue weighted by Gasteiger charge is 2.47. The Labute approximate surface area is 259 Å². The van der Waals surface area contributed by atoms with Crippen molar-refractivity contribution in [2.45, 2.75) is 38.5 Å². The molecule has 0 aliphatic heterocycles. The third-order valence-electron chi connectivity index (χ3n) is 10.2. The van der Waals surface area contributed by atoms with Gasteiger partial charge in [0, 0.05) is 22.2 Å². The zero-order chi connectivity index (χ0) is 30.1. The summed E-state index contributed by atoms with van der Waals surface area (Å²) >= 11 is 0. The van der Waals surface area contributed by atoms with Crippen LogP contribution in [0.25, 0.3) is 44.2 Å². The molecule has 1 heterocycles. The van der Waals surface area contributed by atoms with Crippen molar-refractivity contribution < 1.29 is 4.42 Å². The summed E-state index contributed by atoms with van der Waals surface area (Å²) in [6, 6.07) is 50.2. The van der Waals surface area contributed by atoms with Crippen LogP contribution < -0.4 is 4.90 Å². The van der Waals surface area contributed by atoms with Gasteiger partial charge in [0.2, 0.25) is 0 Å². The molecule has 2 nitrogen and oxygen atoms in total. The Morgan fingerprint density at radius 2 is 1.16 bits per heavy atom. The highest BCUT2D eigenvalue weighted by molar-refractivity contribution is 6.13. The molecule has 1 aliphatic carbocycles. The molecule has 0 fully saturated rings. The standard InChI is InChI=1S/C42H35NO/c1-41(2)35-26-25-30(27-34(35)32-21-13-20-31(40(32)42(41,3)4)28-15-7-5-8-16-28)43(29-17-9-6-10-18-29)36-22-14-24-38-39(36)33-19-11-12-23-37(33)44-38/h5-27H,1-4H3. The van der Waals surface area contributed by atoms with Crippen LogP contribution in [-0.2, 0) is 10.8 Å². The van der Waals surface area contributed by atoms with Crippen LogP contribution in [0.5, 0.6) is 0 Å². The van der Waals surface area contributed by atoms with Crippen molar-refractivity contribution >= 4 is 39.0 Å². The van der Waals surface area contributed by atoms with Crippen molar-refractivity contribution in [3.63, 3.8) is 0 Å². The van der Waals surface area contributed by atoms with Gasteiger partial charge in [0.25, 0.3) is 0 Å². The van der Waals surface area contributed by atoms with E-state index in [1.807, 2.05) is 6.07 Å². The lowest BCUT2D eigenvalue weighted by molar-refractivity contribution is 0.300. The fraction of sp³-hybridized carbons (Fsp3) is 0.143. The van der Waals surface area contributed by atoms with Gasteiger partial charge in [-0.1, -0.05) is 125 Å². The fourth-order valence-electron chi connectivity index (χ4n) is 7.34. The van der Waals surface area contributed by atoms with Gasteiger partial charge in [0.1, 0.15) is 11.2 Å². The number of hydrogen-bond acceptors (Lipinski definition) is 2. The molecule has 7 aromatic rings. The quantitative estimate of drug-likeness (QED) is 0.210. The average Bonchev–Trinajstić information content (AvgIpc) is 3.44. The van der Waals surface area contributed by atoms with Gasteiger partial charge >= 0.3 is 0 Å². The van der Waals surface area contributed by atoms with Crippen LogP contribution in [0.1, 0.15) is 38.8 Å². The van der Waals surface area contributed by atoms with Crippen molar-refractivity contribution in [2.24, 2.45) is 0 Å². The first-order valence-electron chi connectivity index (χ1n) is 15.5. The predicted molar refractivity (Wildman–Crippen MR) is 185 cm³/mol. The van der Waals surface area contributed by atoms with Crippen molar-refractivity contribution in [2.75, 3.05) is 4.90 Å². The molecule has 6 aromatic carbocycles. The van der Waals surface area contributed by atoms with Gasteiger partial charge in [-0.15, -0.1) is 0 Å². The summed E-state index contributed by atoms with van der Waals surface area (Å²) in [6.45, 7) is 9.64. The first-order valence-corrected chi connectivity index (χ1v) is 15.5. The van der Waals surface area contributed by atoms with Crippen molar-refractivity contribution in [1.82, 2.24) is 0 Å². The number of hydrogen-bond donors (Lipinski definition) is 0. The van der Waals surface area contributed by atoms with E-state index in [1.54, 1.807) is 0 Å². The highest BCUT2D eigenvalue weighted by atomic mass is 16.3. The second-order valence-corrected chi connectivity index (χ2v) is 13.0. The number of nitrogens with zero attached hydrogens (tertiary/aromatic N) is 1. The third kappa shape index (κ3) is 3.80. The molecule has 214 valence electrons. The maximum absolute atomic E-state index is 6.33. The minimum absolute atomic E-state index is 0.0935. The van der Waals surface area contributed by atoms with Crippen LogP contribution in [0.4, 0.5) is 17.1 Å². The number of para-hydroxylation sites is 2. The summed E-state index contributed by atoms with van der Waals surface area (Å²) < 4.78 is 6.33. The molecule has 8 rings (SSSR count). The van der Waals surface area contributed by atoms with Gasteiger partial charge in [-0.3, -0.25) is 0 Å². The van der Waals surface area contributed by atoms with Crippen LogP contribution in [0.15, 0.2) is 144 Å². The van der Waals surface area contributed by atoms with E-state index >= 15 is 0 Å². The number of furan rings is 1. The molecule has 1 aromatic heterocycles. The Morgan fingerprint density at radius 1 is 0.500 bits per heavy atom. The molecular weight excluding hydrogens is 534 g/mol. The molecule has 0 saturated carbocycles. The van der Waals surface area contributed by atoms with Crippen molar-refractivity contribution in [3.8, 4) is 22.3 Å². The molecule has 0 unspecified atom stereocenters. The van der Waals surface area contributed by atoms with E-state index in [9.17, 15) is 0 Å². The Kier molecular flexibility index (Phi) is 5.86. The summed E-state index contributed by atoms with van der Waals surface area (Å²) in [5.41, 5.74) is 12.9. The largest absolute Gasteiger partial charge is 0.456 e.